The van der Waals surface area contributed by atoms with Gasteiger partial charge >= 0.3 is 6.18 Å². The normalized spacial score (nSPS) is 29.1. The molecule has 1 fully saturated rings. The standard InChI is InChI=1S/C8H16F3N3/c1-6(12)14-4-3-13(2)5-7(14)8(9,10)11/h6-7H,3-5,12H2,1-2H3. The molecule has 0 bridgehead atoms. The molecule has 14 heavy (non-hydrogen) atoms. The highest BCUT2D eigenvalue weighted by Gasteiger charge is 2.46. The number of alkyl halides is 3. The van der Waals surface area contributed by atoms with E-state index < -0.39 is 18.4 Å². The van der Waals surface area contributed by atoms with E-state index in [2.05, 4.69) is 0 Å². The summed E-state index contributed by atoms with van der Waals surface area (Å²) in [5.74, 6) is 0. The molecule has 0 aliphatic carbocycles. The van der Waals surface area contributed by atoms with Crippen LogP contribution in [0.4, 0.5) is 13.2 Å². The summed E-state index contributed by atoms with van der Waals surface area (Å²) >= 11 is 0. The van der Waals surface area contributed by atoms with E-state index in [1.807, 2.05) is 0 Å². The van der Waals surface area contributed by atoms with Gasteiger partial charge in [-0.15, -0.1) is 0 Å². The van der Waals surface area contributed by atoms with Gasteiger partial charge in [0.05, 0.1) is 6.17 Å². The summed E-state index contributed by atoms with van der Waals surface area (Å²) < 4.78 is 37.8. The zero-order valence-corrected chi connectivity index (χ0v) is 8.38. The number of hydrogen-bond acceptors (Lipinski definition) is 3. The van der Waals surface area contributed by atoms with Crippen LogP contribution in [0.5, 0.6) is 0 Å². The van der Waals surface area contributed by atoms with E-state index >= 15 is 0 Å². The highest BCUT2D eigenvalue weighted by atomic mass is 19.4. The molecule has 2 unspecified atom stereocenters. The Labute approximate surface area is 81.6 Å². The molecule has 0 aromatic carbocycles. The van der Waals surface area contributed by atoms with Gasteiger partial charge in [-0.1, -0.05) is 0 Å². The summed E-state index contributed by atoms with van der Waals surface area (Å²) in [7, 11) is 1.69. The SMILES string of the molecule is CC(N)N1CCN(C)CC1C(F)(F)F. The average molecular weight is 211 g/mol. The van der Waals surface area contributed by atoms with Crippen molar-refractivity contribution in [2.24, 2.45) is 5.73 Å². The van der Waals surface area contributed by atoms with Gasteiger partial charge in [-0.2, -0.15) is 13.2 Å². The molecule has 1 rings (SSSR count). The van der Waals surface area contributed by atoms with E-state index in [4.69, 9.17) is 5.73 Å². The van der Waals surface area contributed by atoms with Crippen molar-refractivity contribution >= 4 is 0 Å². The van der Waals surface area contributed by atoms with Crippen LogP contribution in [0.15, 0.2) is 0 Å². The number of piperazine rings is 1. The second kappa shape index (κ2) is 4.04. The summed E-state index contributed by atoms with van der Waals surface area (Å²) in [5.41, 5.74) is 5.51. The number of rotatable bonds is 1. The monoisotopic (exact) mass is 211 g/mol. The summed E-state index contributed by atoms with van der Waals surface area (Å²) in [4.78, 5) is 2.98. The van der Waals surface area contributed by atoms with Crippen LogP contribution in [0.2, 0.25) is 0 Å². The minimum atomic E-state index is -4.19. The molecule has 0 amide bonds. The third kappa shape index (κ3) is 2.59. The van der Waals surface area contributed by atoms with E-state index in [9.17, 15) is 13.2 Å². The maximum Gasteiger partial charge on any atom is 0.405 e. The molecular formula is C8H16F3N3. The van der Waals surface area contributed by atoms with Gasteiger partial charge in [0.1, 0.15) is 6.04 Å². The van der Waals surface area contributed by atoms with Crippen molar-refractivity contribution in [3.8, 4) is 0 Å². The molecule has 0 aromatic rings. The maximum atomic E-state index is 12.6. The van der Waals surface area contributed by atoms with Crippen LogP contribution in [0.1, 0.15) is 6.92 Å². The van der Waals surface area contributed by atoms with Crippen molar-refractivity contribution in [3.63, 3.8) is 0 Å². The fourth-order valence-electron chi connectivity index (χ4n) is 1.71. The minimum absolute atomic E-state index is 0.00500. The van der Waals surface area contributed by atoms with Gasteiger partial charge < -0.3 is 10.6 Å². The fourth-order valence-corrected chi connectivity index (χ4v) is 1.71. The Hall–Kier alpha value is -0.330. The average Bonchev–Trinajstić information content (AvgIpc) is 2.01. The van der Waals surface area contributed by atoms with Crippen molar-refractivity contribution in [2.75, 3.05) is 26.7 Å². The molecule has 3 nitrogen and oxygen atoms in total. The third-order valence-corrected chi connectivity index (χ3v) is 2.53. The van der Waals surface area contributed by atoms with E-state index in [0.29, 0.717) is 13.1 Å². The van der Waals surface area contributed by atoms with E-state index in [1.54, 1.807) is 18.9 Å². The lowest BCUT2D eigenvalue weighted by Crippen LogP contribution is -2.62. The number of nitrogens with zero attached hydrogens (tertiary/aromatic N) is 2. The quantitative estimate of drug-likeness (QED) is 0.684. The Bertz CT molecular complexity index is 193. The molecule has 1 aliphatic heterocycles. The molecule has 2 atom stereocenters. The van der Waals surface area contributed by atoms with Crippen LogP contribution in [-0.2, 0) is 0 Å². The lowest BCUT2D eigenvalue weighted by molar-refractivity contribution is -0.201. The van der Waals surface area contributed by atoms with Crippen LogP contribution in [0, 0.1) is 0 Å². The Morgan fingerprint density at radius 3 is 2.36 bits per heavy atom. The van der Waals surface area contributed by atoms with Crippen molar-refractivity contribution in [1.29, 1.82) is 0 Å². The molecule has 1 aliphatic rings. The van der Waals surface area contributed by atoms with E-state index in [0.717, 1.165) is 0 Å². The highest BCUT2D eigenvalue weighted by molar-refractivity contribution is 4.87. The predicted molar refractivity (Wildman–Crippen MR) is 47.7 cm³/mol. The van der Waals surface area contributed by atoms with Gasteiger partial charge in [-0.25, -0.2) is 0 Å². The van der Waals surface area contributed by atoms with Gasteiger partial charge in [-0.3, -0.25) is 4.90 Å². The van der Waals surface area contributed by atoms with Gasteiger partial charge in [0.15, 0.2) is 0 Å². The summed E-state index contributed by atoms with van der Waals surface area (Å²) in [5, 5.41) is 0. The smallest absolute Gasteiger partial charge is 0.316 e. The number of nitrogens with two attached hydrogens (primary N) is 1. The van der Waals surface area contributed by atoms with Crippen LogP contribution in [-0.4, -0.2) is 54.9 Å². The van der Waals surface area contributed by atoms with Crippen LogP contribution in [0.25, 0.3) is 0 Å². The molecule has 0 aromatic heterocycles. The molecule has 0 saturated carbocycles. The van der Waals surface area contributed by atoms with Gasteiger partial charge in [0.2, 0.25) is 0 Å². The molecule has 2 N–H and O–H groups in total. The zero-order valence-electron chi connectivity index (χ0n) is 8.38. The Balaban J connectivity index is 2.74. The number of hydrogen-bond donors (Lipinski definition) is 1. The molecule has 84 valence electrons. The second-order valence-corrected chi connectivity index (χ2v) is 3.80. The lowest BCUT2D eigenvalue weighted by Gasteiger charge is -2.42. The third-order valence-electron chi connectivity index (χ3n) is 2.53. The van der Waals surface area contributed by atoms with Gasteiger partial charge in [0.25, 0.3) is 0 Å². The largest absolute Gasteiger partial charge is 0.405 e. The highest BCUT2D eigenvalue weighted by Crippen LogP contribution is 2.27. The topological polar surface area (TPSA) is 32.5 Å². The molecular weight excluding hydrogens is 195 g/mol. The zero-order chi connectivity index (χ0) is 10.9. The van der Waals surface area contributed by atoms with Crippen LogP contribution < -0.4 is 5.73 Å². The predicted octanol–water partition coefficient (Wildman–Crippen LogP) is 0.469. The van der Waals surface area contributed by atoms with Crippen molar-refractivity contribution in [1.82, 2.24) is 9.80 Å². The first-order valence-corrected chi connectivity index (χ1v) is 4.59. The number of likely N-dealkylation sites (N-methyl/N-ethyl adjacent to an activating group) is 1. The molecule has 6 heteroatoms. The second-order valence-electron chi connectivity index (χ2n) is 3.80. The Morgan fingerprint density at radius 1 is 1.36 bits per heavy atom. The molecule has 1 heterocycles. The first kappa shape index (κ1) is 11.7. The van der Waals surface area contributed by atoms with Gasteiger partial charge in [0, 0.05) is 19.6 Å². The van der Waals surface area contributed by atoms with Crippen molar-refractivity contribution in [3.05, 3.63) is 0 Å². The molecule has 0 radical (unpaired) electrons. The first-order valence-electron chi connectivity index (χ1n) is 4.59. The minimum Gasteiger partial charge on any atom is -0.316 e. The number of halogens is 3. The molecule has 1 saturated heterocycles. The summed E-state index contributed by atoms with van der Waals surface area (Å²) in [6.45, 7) is 2.60. The van der Waals surface area contributed by atoms with Crippen LogP contribution >= 0.6 is 0 Å². The van der Waals surface area contributed by atoms with Gasteiger partial charge in [-0.05, 0) is 14.0 Å². The Morgan fingerprint density at radius 2 is 1.93 bits per heavy atom. The summed E-state index contributed by atoms with van der Waals surface area (Å²) in [6, 6.07) is -1.43. The maximum absolute atomic E-state index is 12.6. The van der Waals surface area contributed by atoms with Crippen LogP contribution in [0.3, 0.4) is 0 Å². The van der Waals surface area contributed by atoms with Crippen molar-refractivity contribution < 1.29 is 13.2 Å². The van der Waals surface area contributed by atoms with E-state index in [-0.39, 0.29) is 6.54 Å². The van der Waals surface area contributed by atoms with E-state index in [1.165, 1.54) is 4.90 Å². The lowest BCUT2D eigenvalue weighted by atomic mass is 10.1. The first-order chi connectivity index (χ1) is 6.32. The van der Waals surface area contributed by atoms with Crippen molar-refractivity contribution in [2.45, 2.75) is 25.3 Å². The summed E-state index contributed by atoms with van der Waals surface area (Å²) in [6.07, 6.45) is -4.74. The Kier molecular flexibility index (Phi) is 3.39. The molecule has 0 spiro atoms. The fraction of sp³-hybridized carbons (Fsp3) is 1.00.